The van der Waals surface area contributed by atoms with Gasteiger partial charge in [0.2, 0.25) is 0 Å². The van der Waals surface area contributed by atoms with Crippen molar-refractivity contribution in [3.8, 4) is 78.7 Å². The molecule has 0 radical (unpaired) electrons. The largest absolute Gasteiger partial charge is 0.494 e. The predicted octanol–water partition coefficient (Wildman–Crippen LogP) is 25.2. The van der Waals surface area contributed by atoms with Crippen LogP contribution in [-0.2, 0) is 34.9 Å². The van der Waals surface area contributed by atoms with Gasteiger partial charge in [-0.2, -0.15) is 0 Å². The fourth-order valence-electron chi connectivity index (χ4n) is 19.0. The van der Waals surface area contributed by atoms with Crippen LogP contribution in [0.25, 0.3) is 78.7 Å². The van der Waals surface area contributed by atoms with Gasteiger partial charge in [0, 0.05) is 31.1 Å². The summed E-state index contributed by atoms with van der Waals surface area (Å²) >= 11 is 7.62. The van der Waals surface area contributed by atoms with E-state index in [-0.39, 0.29) is 5.41 Å². The maximum absolute atomic E-state index is 6.59. The summed E-state index contributed by atoms with van der Waals surface area (Å²) in [5.74, 6) is 1.96. The average Bonchev–Trinajstić information content (AvgIpc) is 1.53. The second-order valence-electron chi connectivity index (χ2n) is 33.8. The Labute approximate surface area is 675 Å². The molecule has 7 nitrogen and oxygen atoms in total. The monoisotopic (exact) mass is 1590 g/mol. The summed E-state index contributed by atoms with van der Waals surface area (Å²) in [7, 11) is -0.873. The van der Waals surface area contributed by atoms with Gasteiger partial charge >= 0.3 is 14.2 Å². The Bertz CT molecular complexity index is 5250. The molecule has 11 aromatic carbocycles. The van der Waals surface area contributed by atoms with Gasteiger partial charge in [-0.3, -0.25) is 0 Å². The molecule has 1 spiro atoms. The van der Waals surface area contributed by atoms with E-state index < -0.39 is 47.5 Å². The number of rotatable bonds is 21. The summed E-state index contributed by atoms with van der Waals surface area (Å²) in [5.41, 5.74) is 26.0. The molecule has 2 aliphatic heterocycles. The lowest BCUT2D eigenvalue weighted by atomic mass is 9.65. The van der Waals surface area contributed by atoms with Crippen molar-refractivity contribution in [3.05, 3.63) is 313 Å². The second-order valence-corrected chi connectivity index (χ2v) is 35.6. The molecule has 2 fully saturated rings. The van der Waals surface area contributed by atoms with Gasteiger partial charge in [0.05, 0.1) is 33.2 Å². The van der Waals surface area contributed by atoms with Gasteiger partial charge in [-0.1, -0.05) is 329 Å². The molecule has 111 heavy (non-hydrogen) atoms. The fraction of sp³-hybridized carbons (Fsp3) is 0.310. The number of halogens is 2. The van der Waals surface area contributed by atoms with Crippen molar-refractivity contribution in [2.24, 2.45) is 0 Å². The first-order valence-electron chi connectivity index (χ1n) is 40.7. The number of nitrogens with zero attached hydrogens (tertiary/aromatic N) is 3. The molecule has 12 aromatic rings. The molecule has 558 valence electrons. The second kappa shape index (κ2) is 29.7. The van der Waals surface area contributed by atoms with E-state index in [0.29, 0.717) is 17.5 Å². The number of hydrogen-bond acceptors (Lipinski definition) is 7. The van der Waals surface area contributed by atoms with E-state index in [1.54, 1.807) is 11.1 Å². The Balaban J connectivity index is 0.000000173. The van der Waals surface area contributed by atoms with Crippen LogP contribution in [0.1, 0.15) is 215 Å². The van der Waals surface area contributed by atoms with E-state index in [1.165, 1.54) is 179 Å². The van der Waals surface area contributed by atoms with Gasteiger partial charge in [0.1, 0.15) is 0 Å². The Kier molecular flexibility index (Phi) is 20.1. The topological polar surface area (TPSA) is 75.6 Å². The third kappa shape index (κ3) is 12.8. The summed E-state index contributed by atoms with van der Waals surface area (Å²) in [4.78, 5) is 15.1. The maximum Gasteiger partial charge on any atom is 0.494 e. The molecule has 0 atom stereocenters. The van der Waals surface area contributed by atoms with Crippen molar-refractivity contribution >= 4 is 57.0 Å². The van der Waals surface area contributed by atoms with Crippen LogP contribution in [0.15, 0.2) is 258 Å². The lowest BCUT2D eigenvalue weighted by Gasteiger charge is -2.35. The number of hydrogen-bond donors (Lipinski definition) is 0. The highest BCUT2D eigenvalue weighted by atomic mass is 79.9. The zero-order chi connectivity index (χ0) is 76.7. The number of unbranched alkanes of at least 4 members (excludes halogenated alkanes) is 10. The average molecular weight is 1590 g/mol. The summed E-state index contributed by atoms with van der Waals surface area (Å²) in [6.07, 6.45) is 18.1. The fourth-order valence-corrected chi connectivity index (χ4v) is 19.8. The molecule has 0 unspecified atom stereocenters. The predicted molar refractivity (Wildman–Crippen MR) is 465 cm³/mol. The Morgan fingerprint density at radius 3 is 1.07 bits per heavy atom. The summed E-state index contributed by atoms with van der Waals surface area (Å²) in [6.45, 7) is 21.7. The third-order valence-electron chi connectivity index (χ3n) is 26.1. The van der Waals surface area contributed by atoms with E-state index in [2.05, 4.69) is 289 Å². The van der Waals surface area contributed by atoms with E-state index in [0.717, 1.165) is 36.6 Å². The molecule has 0 N–H and O–H groups in total. The van der Waals surface area contributed by atoms with Crippen molar-refractivity contribution in [1.82, 2.24) is 15.0 Å². The zero-order valence-corrected chi connectivity index (χ0v) is 69.1. The summed E-state index contributed by atoms with van der Waals surface area (Å²) < 4.78 is 28.5. The van der Waals surface area contributed by atoms with Gasteiger partial charge < -0.3 is 18.6 Å². The first-order valence-corrected chi connectivity index (χ1v) is 42.3. The molecular weight excluding hydrogens is 1490 g/mol. The first-order chi connectivity index (χ1) is 53.7. The van der Waals surface area contributed by atoms with Crippen LogP contribution in [0.5, 0.6) is 0 Å². The maximum atomic E-state index is 6.59. The standard InChI is InChI=1S/C60H76B2O4.C40H23Br2N3/c1-11-13-15-17-19-25-39-59(40-26-20-18-16-14-12-2)51-29-23-21-27-47(51)49-42-54-50(41-53(49)59)48-28-22-24-30-52(48)60(54,43-31-35-45(36-32-43)61-63-55(3,4)56(5,6)64-61)44-33-37-46(38-34-44)62-65-57(7,8)58(9,10)66-62;41-27-16-19-31-32-20-17-28(42)23-36(32)40(35(31)22-27)33-14-8-7-13-29(33)30-18-15-26(21-34(30)40)39-44-37(24-9-3-1-4-10-24)43-38(45-39)25-11-5-2-6-12-25/h21-24,27-38,41-42H,11-20,25-26,39-40H2,1-10H3;1-23H. The van der Waals surface area contributed by atoms with E-state index in [1.807, 2.05) is 60.7 Å². The van der Waals surface area contributed by atoms with Crippen LogP contribution in [-0.4, -0.2) is 51.6 Å². The van der Waals surface area contributed by atoms with E-state index >= 15 is 0 Å². The Hall–Kier alpha value is -8.64. The molecular formula is C100H99B2Br2N3O4. The van der Waals surface area contributed by atoms with Gasteiger partial charge in [-0.25, -0.2) is 15.0 Å². The molecule has 1 aromatic heterocycles. The molecule has 0 amide bonds. The highest BCUT2D eigenvalue weighted by Gasteiger charge is 2.56. The number of aromatic nitrogens is 3. The first kappa shape index (κ1) is 75.1. The minimum absolute atomic E-state index is 0.00830. The van der Waals surface area contributed by atoms with Crippen LogP contribution < -0.4 is 10.9 Å². The quantitative estimate of drug-likeness (QED) is 0.0524. The highest BCUT2D eigenvalue weighted by molar-refractivity contribution is 9.10. The number of fused-ring (bicyclic) bond motifs is 16. The minimum atomic E-state index is -0.595. The Morgan fingerprint density at radius 2 is 0.613 bits per heavy atom. The van der Waals surface area contributed by atoms with Crippen molar-refractivity contribution in [2.75, 3.05) is 0 Å². The molecule has 0 bridgehead atoms. The highest BCUT2D eigenvalue weighted by Crippen LogP contribution is 2.65. The molecule has 2 saturated heterocycles. The van der Waals surface area contributed by atoms with Crippen LogP contribution in [0.3, 0.4) is 0 Å². The lowest BCUT2D eigenvalue weighted by molar-refractivity contribution is 0.00578. The SMILES string of the molecule is Brc1ccc2c(c1)C1(c3ccccc3-c3ccc(-c4nc(-c5ccccc5)nc(-c5ccccc5)n4)cc31)c1cc(Br)ccc1-2.CCCCCCCCC1(CCCCCCCC)c2ccccc2-c2cc3c(cc21)-c1ccccc1C3(c1ccc(B2OC(C)(C)C(C)(C)O2)cc1)c1ccc(B2OC(C)(C)C(C)(C)O2)cc1. The van der Waals surface area contributed by atoms with Crippen LogP contribution >= 0.6 is 31.9 Å². The van der Waals surface area contributed by atoms with Crippen LogP contribution in [0.2, 0.25) is 0 Å². The molecule has 4 aliphatic carbocycles. The summed E-state index contributed by atoms with van der Waals surface area (Å²) in [6, 6.07) is 91.6. The molecule has 6 aliphatic rings. The van der Waals surface area contributed by atoms with E-state index in [4.69, 9.17) is 33.6 Å². The van der Waals surface area contributed by atoms with Gasteiger partial charge in [-0.05, 0) is 222 Å². The van der Waals surface area contributed by atoms with E-state index in [9.17, 15) is 0 Å². The van der Waals surface area contributed by atoms with Crippen molar-refractivity contribution < 1.29 is 18.6 Å². The van der Waals surface area contributed by atoms with Gasteiger partial charge in [-0.15, -0.1) is 0 Å². The zero-order valence-electron chi connectivity index (χ0n) is 66.0. The van der Waals surface area contributed by atoms with Crippen molar-refractivity contribution in [2.45, 2.75) is 198 Å². The molecule has 11 heteroatoms. The third-order valence-corrected chi connectivity index (χ3v) is 27.1. The van der Waals surface area contributed by atoms with Crippen molar-refractivity contribution in [1.29, 1.82) is 0 Å². The normalized spacial score (nSPS) is 17.1. The van der Waals surface area contributed by atoms with Crippen LogP contribution in [0, 0.1) is 0 Å². The molecule has 3 heterocycles. The minimum Gasteiger partial charge on any atom is -0.399 e. The Morgan fingerprint density at radius 1 is 0.279 bits per heavy atom. The number of benzene rings is 11. The summed E-state index contributed by atoms with van der Waals surface area (Å²) in [5, 5.41) is 0. The lowest BCUT2D eigenvalue weighted by Crippen LogP contribution is -2.41. The smallest absolute Gasteiger partial charge is 0.399 e. The van der Waals surface area contributed by atoms with Gasteiger partial charge in [0.25, 0.3) is 0 Å². The van der Waals surface area contributed by atoms with Crippen LogP contribution in [0.4, 0.5) is 0 Å². The van der Waals surface area contributed by atoms with Gasteiger partial charge in [0.15, 0.2) is 17.5 Å². The molecule has 18 rings (SSSR count). The van der Waals surface area contributed by atoms with Crippen molar-refractivity contribution in [3.63, 3.8) is 0 Å². The molecule has 0 saturated carbocycles.